The van der Waals surface area contributed by atoms with Gasteiger partial charge in [0.25, 0.3) is 0 Å². The number of hydrogen-bond donors (Lipinski definition) is 1. The third kappa shape index (κ3) is 2.45. The van der Waals surface area contributed by atoms with Crippen LogP contribution in [0.5, 0.6) is 0 Å². The van der Waals surface area contributed by atoms with Crippen LogP contribution >= 0.6 is 23.2 Å². The molecule has 2 saturated heterocycles. The molecule has 4 heterocycles. The lowest BCUT2D eigenvalue weighted by molar-refractivity contribution is -0.122. The van der Waals surface area contributed by atoms with Crippen molar-refractivity contribution in [1.82, 2.24) is 9.97 Å². The number of ether oxygens (including phenoxy) is 1. The van der Waals surface area contributed by atoms with Gasteiger partial charge in [0.15, 0.2) is 0 Å². The van der Waals surface area contributed by atoms with Crippen molar-refractivity contribution in [1.29, 1.82) is 0 Å². The van der Waals surface area contributed by atoms with Crippen LogP contribution in [0.2, 0.25) is 10.2 Å². The van der Waals surface area contributed by atoms with E-state index in [9.17, 15) is 4.79 Å². The highest BCUT2D eigenvalue weighted by Crippen LogP contribution is 2.65. The van der Waals surface area contributed by atoms with Gasteiger partial charge in [-0.25, -0.2) is 4.98 Å². The van der Waals surface area contributed by atoms with Crippen molar-refractivity contribution in [2.24, 2.45) is 17.8 Å². The van der Waals surface area contributed by atoms with Gasteiger partial charge in [0, 0.05) is 18.3 Å². The summed E-state index contributed by atoms with van der Waals surface area (Å²) in [5, 5.41) is 3.47. The largest absolute Gasteiger partial charge is 0.373 e. The lowest BCUT2D eigenvalue weighted by Gasteiger charge is -2.27. The monoisotopic (exact) mass is 375 g/mol. The number of fused-ring (bicyclic) bond motifs is 5. The van der Waals surface area contributed by atoms with E-state index >= 15 is 0 Å². The van der Waals surface area contributed by atoms with Crippen molar-refractivity contribution >= 4 is 34.8 Å². The number of halogens is 2. The maximum Gasteiger partial charge on any atom is 0.230 e. The third-order valence-electron chi connectivity index (χ3n) is 5.60. The van der Waals surface area contributed by atoms with Gasteiger partial charge in [-0.15, -0.1) is 0 Å². The standard InChI is InChI=1S/C18H15Cl2N3O2/c19-12-5-9(7-22-17(12)20)23-18(24)14-13(8-1-3-21-4-2-8)15-10-6-11(10)16(14)25-15/h1-5,7,10-11,13-16H,6H2,(H,23,24)/t10-,11+,13+,14-,15-,16+/m1/s1. The average Bonchev–Trinajstić information content (AvgIpc) is 3.23. The fraction of sp³-hybridized carbons (Fsp3) is 0.389. The summed E-state index contributed by atoms with van der Waals surface area (Å²) in [5.41, 5.74) is 1.66. The van der Waals surface area contributed by atoms with Crippen molar-refractivity contribution in [2.45, 2.75) is 24.5 Å². The summed E-state index contributed by atoms with van der Waals surface area (Å²) >= 11 is 11.8. The van der Waals surface area contributed by atoms with Gasteiger partial charge in [-0.05, 0) is 42.0 Å². The zero-order chi connectivity index (χ0) is 17.1. The molecule has 0 spiro atoms. The first-order valence-electron chi connectivity index (χ1n) is 8.31. The van der Waals surface area contributed by atoms with Crippen molar-refractivity contribution < 1.29 is 9.53 Å². The van der Waals surface area contributed by atoms with Gasteiger partial charge in [-0.2, -0.15) is 0 Å². The van der Waals surface area contributed by atoms with E-state index in [1.807, 2.05) is 12.1 Å². The van der Waals surface area contributed by atoms with Crippen LogP contribution in [0.25, 0.3) is 0 Å². The maximum atomic E-state index is 13.0. The predicted octanol–water partition coefficient (Wildman–Crippen LogP) is 3.54. The van der Waals surface area contributed by atoms with Gasteiger partial charge in [-0.3, -0.25) is 9.78 Å². The average molecular weight is 376 g/mol. The number of nitrogens with zero attached hydrogens (tertiary/aromatic N) is 2. The van der Waals surface area contributed by atoms with Crippen LogP contribution in [0, 0.1) is 17.8 Å². The highest BCUT2D eigenvalue weighted by Gasteiger charge is 2.68. The first-order chi connectivity index (χ1) is 12.1. The fourth-order valence-corrected chi connectivity index (χ4v) is 4.76. The first kappa shape index (κ1) is 15.6. The molecule has 2 aromatic rings. The van der Waals surface area contributed by atoms with E-state index in [1.54, 1.807) is 18.5 Å². The number of carbonyl (C=O) groups excluding carboxylic acids is 1. The van der Waals surface area contributed by atoms with E-state index in [-0.39, 0.29) is 35.1 Å². The number of nitrogens with one attached hydrogen (secondary N) is 1. The molecule has 0 aromatic carbocycles. The molecule has 6 atom stereocenters. The van der Waals surface area contributed by atoms with Crippen molar-refractivity contribution in [3.05, 3.63) is 52.5 Å². The highest BCUT2D eigenvalue weighted by molar-refractivity contribution is 6.41. The van der Waals surface area contributed by atoms with Crippen LogP contribution < -0.4 is 5.32 Å². The minimum absolute atomic E-state index is 0.0103. The Kier molecular flexibility index (Phi) is 3.52. The van der Waals surface area contributed by atoms with E-state index in [4.69, 9.17) is 27.9 Å². The maximum absolute atomic E-state index is 13.0. The van der Waals surface area contributed by atoms with E-state index in [0.717, 1.165) is 12.0 Å². The summed E-state index contributed by atoms with van der Waals surface area (Å²) in [6.45, 7) is 0. The Hall–Kier alpha value is -1.69. The van der Waals surface area contributed by atoms with Crippen molar-refractivity contribution in [2.75, 3.05) is 5.32 Å². The van der Waals surface area contributed by atoms with Crippen LogP contribution in [-0.2, 0) is 9.53 Å². The first-order valence-corrected chi connectivity index (χ1v) is 9.06. The fourth-order valence-electron chi connectivity index (χ4n) is 4.50. The zero-order valence-corrected chi connectivity index (χ0v) is 14.6. The van der Waals surface area contributed by atoms with Gasteiger partial charge >= 0.3 is 0 Å². The predicted molar refractivity (Wildman–Crippen MR) is 93.6 cm³/mol. The Morgan fingerprint density at radius 3 is 2.72 bits per heavy atom. The molecule has 25 heavy (non-hydrogen) atoms. The summed E-state index contributed by atoms with van der Waals surface area (Å²) in [6, 6.07) is 5.57. The molecule has 128 valence electrons. The minimum Gasteiger partial charge on any atom is -0.373 e. The highest BCUT2D eigenvalue weighted by atomic mass is 35.5. The molecule has 7 heteroatoms. The Morgan fingerprint density at radius 1 is 1.20 bits per heavy atom. The molecule has 2 aliphatic heterocycles. The summed E-state index contributed by atoms with van der Waals surface area (Å²) in [6.07, 6.45) is 6.33. The minimum atomic E-state index is -0.217. The van der Waals surface area contributed by atoms with Gasteiger partial charge in [0.1, 0.15) is 5.15 Å². The molecular formula is C18H15Cl2N3O2. The number of aromatic nitrogens is 2. The Labute approximate surface area is 154 Å². The zero-order valence-electron chi connectivity index (χ0n) is 13.1. The molecule has 2 aromatic heterocycles. The normalized spacial score (nSPS) is 34.6. The SMILES string of the molecule is O=C(Nc1cnc(Cl)c(Cl)c1)[C@H]1[C@H]2O[C@H]([C@@H]3C[C@@H]32)[C@H]1c1ccncc1. The smallest absolute Gasteiger partial charge is 0.230 e. The van der Waals surface area contributed by atoms with Gasteiger partial charge in [-0.1, -0.05) is 23.2 Å². The Balaban J connectivity index is 1.44. The van der Waals surface area contributed by atoms with E-state index in [2.05, 4.69) is 15.3 Å². The number of carbonyl (C=O) groups is 1. The van der Waals surface area contributed by atoms with Gasteiger partial charge in [0.05, 0.1) is 35.0 Å². The molecule has 1 saturated carbocycles. The van der Waals surface area contributed by atoms with Crippen LogP contribution in [0.1, 0.15) is 17.9 Å². The quantitative estimate of drug-likeness (QED) is 0.833. The summed E-state index contributed by atoms with van der Waals surface area (Å²) < 4.78 is 6.17. The second-order valence-corrected chi connectivity index (χ2v) is 7.71. The molecule has 1 N–H and O–H groups in total. The van der Waals surface area contributed by atoms with Crippen LogP contribution in [-0.4, -0.2) is 28.1 Å². The Bertz CT molecular complexity index is 847. The molecule has 1 amide bonds. The molecule has 2 bridgehead atoms. The van der Waals surface area contributed by atoms with Gasteiger partial charge < -0.3 is 10.1 Å². The van der Waals surface area contributed by atoms with Crippen molar-refractivity contribution in [3.63, 3.8) is 0 Å². The van der Waals surface area contributed by atoms with Gasteiger partial charge in [0.2, 0.25) is 5.91 Å². The molecule has 5 nitrogen and oxygen atoms in total. The molecule has 0 radical (unpaired) electrons. The third-order valence-corrected chi connectivity index (χ3v) is 6.29. The number of anilines is 1. The Morgan fingerprint density at radius 2 is 1.96 bits per heavy atom. The molecule has 5 rings (SSSR count). The summed E-state index contributed by atoms with van der Waals surface area (Å²) in [5.74, 6) is 0.905. The molecule has 0 unspecified atom stereocenters. The second kappa shape index (κ2) is 5.66. The topological polar surface area (TPSA) is 64.1 Å². The molecule has 3 fully saturated rings. The van der Waals surface area contributed by atoms with Crippen molar-refractivity contribution in [3.8, 4) is 0 Å². The number of hydrogen-bond acceptors (Lipinski definition) is 4. The van der Waals surface area contributed by atoms with E-state index in [0.29, 0.717) is 22.5 Å². The van der Waals surface area contributed by atoms with Crippen LogP contribution in [0.3, 0.4) is 0 Å². The number of pyridine rings is 2. The second-order valence-electron chi connectivity index (χ2n) is 6.95. The van der Waals surface area contributed by atoms with Crippen LogP contribution in [0.4, 0.5) is 5.69 Å². The molecule has 3 aliphatic rings. The molecular weight excluding hydrogens is 361 g/mol. The van der Waals surface area contributed by atoms with E-state index in [1.165, 1.54) is 6.20 Å². The summed E-state index contributed by atoms with van der Waals surface area (Å²) in [4.78, 5) is 21.1. The number of amides is 1. The number of rotatable bonds is 3. The lowest BCUT2D eigenvalue weighted by Crippen LogP contribution is -2.37. The van der Waals surface area contributed by atoms with E-state index < -0.39 is 0 Å². The molecule has 1 aliphatic carbocycles. The lowest BCUT2D eigenvalue weighted by atomic mass is 9.75. The summed E-state index contributed by atoms with van der Waals surface area (Å²) in [7, 11) is 0. The van der Waals surface area contributed by atoms with Crippen LogP contribution in [0.15, 0.2) is 36.8 Å².